The number of hydrogen-bond acceptors (Lipinski definition) is 3. The second kappa shape index (κ2) is 3.26. The first-order valence-corrected chi connectivity index (χ1v) is 3.63. The lowest BCUT2D eigenvalue weighted by molar-refractivity contribution is 0.321. The summed E-state index contributed by atoms with van der Waals surface area (Å²) in [5.74, 6) is 0.174. The van der Waals surface area contributed by atoms with E-state index >= 15 is 0 Å². The third-order valence-electron chi connectivity index (χ3n) is 1.82. The maximum atomic E-state index is 9.51. The van der Waals surface area contributed by atoms with Crippen LogP contribution in [0.25, 0.3) is 0 Å². The maximum absolute atomic E-state index is 9.51. The van der Waals surface area contributed by atoms with Gasteiger partial charge in [0.25, 0.3) is 0 Å². The molecule has 1 aromatic rings. The molecule has 1 rings (SSSR count). The van der Waals surface area contributed by atoms with Crippen molar-refractivity contribution < 1.29 is 10.3 Å². The Hall–Kier alpha value is -1.51. The van der Waals surface area contributed by atoms with Crippen LogP contribution >= 0.6 is 0 Å². The summed E-state index contributed by atoms with van der Waals surface area (Å²) in [5.41, 5.74) is 2.23. The molecule has 0 bridgehead atoms. The molecule has 0 aliphatic carbocycles. The minimum Gasteiger partial charge on any atom is -0.507 e. The first-order valence-electron chi connectivity index (χ1n) is 3.63. The zero-order chi connectivity index (χ0) is 9.14. The van der Waals surface area contributed by atoms with Crippen molar-refractivity contribution in [3.8, 4) is 5.75 Å². The minimum atomic E-state index is 0.174. The predicted octanol–water partition coefficient (Wildman–Crippen LogP) is 1.82. The van der Waals surface area contributed by atoms with Crippen molar-refractivity contribution in [2.45, 2.75) is 13.8 Å². The van der Waals surface area contributed by atoms with Gasteiger partial charge in [0.1, 0.15) is 5.75 Å². The molecule has 2 N–H and O–H groups in total. The molecule has 0 fully saturated rings. The van der Waals surface area contributed by atoms with Gasteiger partial charge in [0.2, 0.25) is 0 Å². The van der Waals surface area contributed by atoms with Crippen LogP contribution in [0, 0.1) is 13.8 Å². The molecule has 0 aliphatic rings. The van der Waals surface area contributed by atoms with Gasteiger partial charge in [-0.1, -0.05) is 17.3 Å². The van der Waals surface area contributed by atoms with Crippen LogP contribution in [0.1, 0.15) is 16.7 Å². The Morgan fingerprint density at radius 3 is 2.42 bits per heavy atom. The summed E-state index contributed by atoms with van der Waals surface area (Å²) in [4.78, 5) is 0. The van der Waals surface area contributed by atoms with Gasteiger partial charge in [-0.3, -0.25) is 0 Å². The third-order valence-corrected chi connectivity index (χ3v) is 1.82. The van der Waals surface area contributed by atoms with E-state index in [0.29, 0.717) is 5.56 Å². The average Bonchev–Trinajstić information content (AvgIpc) is 2.06. The molecule has 0 amide bonds. The Bertz CT molecular complexity index is 319. The van der Waals surface area contributed by atoms with Crippen molar-refractivity contribution >= 4 is 6.21 Å². The molecule has 3 nitrogen and oxygen atoms in total. The molecule has 0 aromatic heterocycles. The second-order valence-electron chi connectivity index (χ2n) is 2.71. The van der Waals surface area contributed by atoms with Gasteiger partial charge in [-0.05, 0) is 25.0 Å². The highest BCUT2D eigenvalue weighted by Crippen LogP contribution is 2.22. The van der Waals surface area contributed by atoms with Crippen LogP contribution in [0.5, 0.6) is 5.75 Å². The van der Waals surface area contributed by atoms with Crippen LogP contribution < -0.4 is 0 Å². The van der Waals surface area contributed by atoms with Gasteiger partial charge in [0, 0.05) is 5.56 Å². The Labute approximate surface area is 71.0 Å². The van der Waals surface area contributed by atoms with Crippen molar-refractivity contribution in [1.29, 1.82) is 0 Å². The number of oxime groups is 1. The number of hydrogen-bond donors (Lipinski definition) is 2. The molecule has 0 unspecified atom stereocenters. The third kappa shape index (κ3) is 1.39. The van der Waals surface area contributed by atoms with Gasteiger partial charge in [-0.15, -0.1) is 0 Å². The van der Waals surface area contributed by atoms with Crippen molar-refractivity contribution in [2.24, 2.45) is 5.16 Å². The van der Waals surface area contributed by atoms with Crippen LogP contribution in [-0.2, 0) is 0 Å². The summed E-state index contributed by atoms with van der Waals surface area (Å²) < 4.78 is 0. The van der Waals surface area contributed by atoms with Crippen LogP contribution in [-0.4, -0.2) is 16.5 Å². The monoisotopic (exact) mass is 165 g/mol. The molecule has 1 aromatic carbocycles. The molecule has 0 radical (unpaired) electrons. The molecule has 0 saturated carbocycles. The highest BCUT2D eigenvalue weighted by atomic mass is 16.4. The van der Waals surface area contributed by atoms with E-state index in [2.05, 4.69) is 5.16 Å². The largest absolute Gasteiger partial charge is 0.507 e. The standard InChI is InChI=1S/C9H11NO2/c1-6-3-4-7(2)9(11)8(6)5-10-12/h3-5,11-12H,1-2H3/b10-5+. The normalized spacial score (nSPS) is 10.8. The van der Waals surface area contributed by atoms with Crippen LogP contribution in [0.15, 0.2) is 17.3 Å². The van der Waals surface area contributed by atoms with Crippen molar-refractivity contribution in [1.82, 2.24) is 0 Å². The summed E-state index contributed by atoms with van der Waals surface area (Å²) in [5, 5.41) is 20.7. The first-order chi connectivity index (χ1) is 5.66. The summed E-state index contributed by atoms with van der Waals surface area (Å²) in [6.45, 7) is 3.64. The number of aryl methyl sites for hydroxylation is 2. The van der Waals surface area contributed by atoms with Gasteiger partial charge >= 0.3 is 0 Å². The van der Waals surface area contributed by atoms with Gasteiger partial charge in [0.15, 0.2) is 0 Å². The molecular weight excluding hydrogens is 154 g/mol. The fraction of sp³-hybridized carbons (Fsp3) is 0.222. The zero-order valence-electron chi connectivity index (χ0n) is 7.07. The lowest BCUT2D eigenvalue weighted by Gasteiger charge is -2.04. The minimum absolute atomic E-state index is 0.174. The highest BCUT2D eigenvalue weighted by molar-refractivity contribution is 5.85. The topological polar surface area (TPSA) is 52.8 Å². The fourth-order valence-corrected chi connectivity index (χ4v) is 1.04. The number of phenolic OH excluding ortho intramolecular Hbond substituents is 1. The second-order valence-corrected chi connectivity index (χ2v) is 2.71. The molecule has 0 spiro atoms. The van der Waals surface area contributed by atoms with Crippen LogP contribution in [0.2, 0.25) is 0 Å². The van der Waals surface area contributed by atoms with Gasteiger partial charge in [0.05, 0.1) is 6.21 Å². The van der Waals surface area contributed by atoms with E-state index in [1.165, 1.54) is 6.21 Å². The Morgan fingerprint density at radius 2 is 1.83 bits per heavy atom. The number of benzene rings is 1. The molecular formula is C9H11NO2. The number of aromatic hydroxyl groups is 1. The van der Waals surface area contributed by atoms with Crippen molar-refractivity contribution in [2.75, 3.05) is 0 Å². The Morgan fingerprint density at radius 1 is 1.25 bits per heavy atom. The van der Waals surface area contributed by atoms with E-state index < -0.39 is 0 Å². The van der Waals surface area contributed by atoms with Crippen molar-refractivity contribution in [3.05, 3.63) is 28.8 Å². The molecule has 0 heterocycles. The number of phenols is 1. The number of nitrogens with zero attached hydrogens (tertiary/aromatic N) is 1. The highest BCUT2D eigenvalue weighted by Gasteiger charge is 2.04. The smallest absolute Gasteiger partial charge is 0.127 e. The van der Waals surface area contributed by atoms with Gasteiger partial charge < -0.3 is 10.3 Å². The van der Waals surface area contributed by atoms with Crippen LogP contribution in [0.4, 0.5) is 0 Å². The summed E-state index contributed by atoms with van der Waals surface area (Å²) >= 11 is 0. The quantitative estimate of drug-likeness (QED) is 0.379. The first kappa shape index (κ1) is 8.59. The predicted molar refractivity (Wildman–Crippen MR) is 47.0 cm³/mol. The molecule has 0 atom stereocenters. The van der Waals surface area contributed by atoms with Gasteiger partial charge in [-0.25, -0.2) is 0 Å². The fourth-order valence-electron chi connectivity index (χ4n) is 1.04. The summed E-state index contributed by atoms with van der Waals surface area (Å²) in [6, 6.07) is 3.69. The SMILES string of the molecule is Cc1ccc(C)c(/C=N/O)c1O. The molecule has 12 heavy (non-hydrogen) atoms. The Kier molecular flexibility index (Phi) is 2.33. The van der Waals surface area contributed by atoms with E-state index in [4.69, 9.17) is 5.21 Å². The van der Waals surface area contributed by atoms with E-state index in [9.17, 15) is 5.11 Å². The molecule has 3 heteroatoms. The van der Waals surface area contributed by atoms with E-state index in [0.717, 1.165) is 11.1 Å². The lowest BCUT2D eigenvalue weighted by atomic mass is 10.1. The average molecular weight is 165 g/mol. The molecule has 0 aliphatic heterocycles. The van der Waals surface area contributed by atoms with E-state index in [-0.39, 0.29) is 5.75 Å². The van der Waals surface area contributed by atoms with E-state index in [1.54, 1.807) is 6.92 Å². The van der Waals surface area contributed by atoms with Crippen molar-refractivity contribution in [3.63, 3.8) is 0 Å². The van der Waals surface area contributed by atoms with Crippen LogP contribution in [0.3, 0.4) is 0 Å². The number of rotatable bonds is 1. The summed E-state index contributed by atoms with van der Waals surface area (Å²) in [6.07, 6.45) is 1.23. The maximum Gasteiger partial charge on any atom is 0.127 e. The van der Waals surface area contributed by atoms with E-state index in [1.807, 2.05) is 19.1 Å². The molecule has 0 saturated heterocycles. The Balaban J connectivity index is 3.32. The zero-order valence-corrected chi connectivity index (χ0v) is 7.07. The summed E-state index contributed by atoms with van der Waals surface area (Å²) in [7, 11) is 0. The molecule has 64 valence electrons. The van der Waals surface area contributed by atoms with Gasteiger partial charge in [-0.2, -0.15) is 0 Å². The lowest BCUT2D eigenvalue weighted by Crippen LogP contribution is -1.90.